The van der Waals surface area contributed by atoms with Crippen molar-refractivity contribution in [3.8, 4) is 11.6 Å². The summed E-state index contributed by atoms with van der Waals surface area (Å²) in [6.07, 6.45) is 4.15. The van der Waals surface area contributed by atoms with Crippen LogP contribution in [0.1, 0.15) is 47.6 Å². The number of hydrogen-bond donors (Lipinski definition) is 0. The number of hydrogen-bond acceptors (Lipinski definition) is 6. The number of benzene rings is 1. The summed E-state index contributed by atoms with van der Waals surface area (Å²) >= 11 is 0. The van der Waals surface area contributed by atoms with Crippen molar-refractivity contribution >= 4 is 23.4 Å². The average molecular weight is 479 g/mol. The van der Waals surface area contributed by atoms with Crippen molar-refractivity contribution in [3.05, 3.63) is 47.7 Å². The van der Waals surface area contributed by atoms with Crippen molar-refractivity contribution in [1.29, 1.82) is 0 Å². The summed E-state index contributed by atoms with van der Waals surface area (Å²) in [5.74, 6) is 1.38. The number of carbonyl (C=O) groups excluding carboxylic acids is 3. The standard InChI is InChI=1S/C26H30N4O5/c1-28(2)24(31)13-21-19-8-6-17(12-20(19)25(32)29(21)3)30-11-10-22(26(30)33)35-18-7-9-23(27-14-18)34-15-16-4-5-16/h6-9,12,14,16,21-22H,4-5,10-11,13,15H2,1-3H3. The summed E-state index contributed by atoms with van der Waals surface area (Å²) in [6, 6.07) is 8.66. The molecule has 2 aromatic rings. The van der Waals surface area contributed by atoms with E-state index >= 15 is 0 Å². The normalized spacial score (nSPS) is 21.3. The molecule has 9 heteroatoms. The molecule has 1 aromatic heterocycles. The van der Waals surface area contributed by atoms with Crippen LogP contribution in [0.5, 0.6) is 11.6 Å². The summed E-state index contributed by atoms with van der Waals surface area (Å²) in [5, 5.41) is 0. The van der Waals surface area contributed by atoms with Gasteiger partial charge >= 0.3 is 0 Å². The molecule has 35 heavy (non-hydrogen) atoms. The van der Waals surface area contributed by atoms with Crippen LogP contribution in [-0.4, -0.2) is 72.9 Å². The third kappa shape index (κ3) is 4.67. The SMILES string of the molecule is CN(C)C(=O)CC1c2ccc(N3CCC(Oc4ccc(OCC5CC5)nc4)C3=O)cc2C(=O)N1C. The lowest BCUT2D eigenvalue weighted by Gasteiger charge is -2.22. The fourth-order valence-corrected chi connectivity index (χ4v) is 4.52. The molecule has 184 valence electrons. The van der Waals surface area contributed by atoms with E-state index in [2.05, 4.69) is 4.98 Å². The molecule has 0 radical (unpaired) electrons. The second-order valence-corrected chi connectivity index (χ2v) is 9.67. The van der Waals surface area contributed by atoms with Gasteiger partial charge in [0.25, 0.3) is 11.8 Å². The highest BCUT2D eigenvalue weighted by Gasteiger charge is 2.38. The van der Waals surface area contributed by atoms with E-state index in [-0.39, 0.29) is 30.2 Å². The molecule has 2 atom stereocenters. The second-order valence-electron chi connectivity index (χ2n) is 9.67. The Labute approximate surface area is 204 Å². The van der Waals surface area contributed by atoms with Crippen LogP contribution < -0.4 is 14.4 Å². The minimum Gasteiger partial charge on any atom is -0.479 e. The lowest BCUT2D eigenvalue weighted by molar-refractivity contribution is -0.129. The first kappa shape index (κ1) is 23.1. The Morgan fingerprint density at radius 3 is 2.63 bits per heavy atom. The maximum absolute atomic E-state index is 13.1. The van der Waals surface area contributed by atoms with Crippen molar-refractivity contribution in [1.82, 2.24) is 14.8 Å². The molecule has 1 aromatic carbocycles. The summed E-state index contributed by atoms with van der Waals surface area (Å²) in [7, 11) is 5.11. The Morgan fingerprint density at radius 2 is 1.94 bits per heavy atom. The molecular weight excluding hydrogens is 448 g/mol. The van der Waals surface area contributed by atoms with Crippen LogP contribution in [0.25, 0.3) is 0 Å². The fraction of sp³-hybridized carbons (Fsp3) is 0.462. The van der Waals surface area contributed by atoms with Crippen LogP contribution in [0.2, 0.25) is 0 Å². The number of rotatable bonds is 8. The molecule has 0 N–H and O–H groups in total. The monoisotopic (exact) mass is 478 g/mol. The molecule has 2 unspecified atom stereocenters. The number of nitrogens with zero attached hydrogens (tertiary/aromatic N) is 4. The van der Waals surface area contributed by atoms with Crippen molar-refractivity contribution in [2.24, 2.45) is 5.92 Å². The second kappa shape index (κ2) is 9.20. The van der Waals surface area contributed by atoms with Gasteiger partial charge in [0.1, 0.15) is 5.75 Å². The molecule has 3 heterocycles. The first-order valence-corrected chi connectivity index (χ1v) is 12.0. The number of ether oxygens (including phenoxy) is 2. The van der Waals surface area contributed by atoms with Crippen molar-refractivity contribution in [2.75, 3.05) is 39.2 Å². The minimum absolute atomic E-state index is 0.0433. The van der Waals surface area contributed by atoms with E-state index in [0.29, 0.717) is 48.4 Å². The van der Waals surface area contributed by atoms with E-state index in [1.807, 2.05) is 12.1 Å². The number of fused-ring (bicyclic) bond motifs is 1. The van der Waals surface area contributed by atoms with Gasteiger partial charge < -0.3 is 24.2 Å². The molecule has 0 bridgehead atoms. The molecule has 3 aliphatic rings. The summed E-state index contributed by atoms with van der Waals surface area (Å²) in [4.78, 5) is 47.3. The average Bonchev–Trinajstić information content (AvgIpc) is 3.58. The number of aromatic nitrogens is 1. The van der Waals surface area contributed by atoms with Crippen molar-refractivity contribution < 1.29 is 23.9 Å². The lowest BCUT2D eigenvalue weighted by Crippen LogP contribution is -2.32. The topological polar surface area (TPSA) is 92.3 Å². The van der Waals surface area contributed by atoms with Gasteiger partial charge in [-0.3, -0.25) is 14.4 Å². The third-order valence-electron chi connectivity index (χ3n) is 6.90. The molecule has 3 amide bonds. The predicted molar refractivity (Wildman–Crippen MR) is 128 cm³/mol. The molecule has 1 saturated heterocycles. The zero-order valence-corrected chi connectivity index (χ0v) is 20.3. The quantitative estimate of drug-likeness (QED) is 0.579. The smallest absolute Gasteiger partial charge is 0.268 e. The molecule has 2 fully saturated rings. The van der Waals surface area contributed by atoms with Gasteiger partial charge in [0.15, 0.2) is 6.10 Å². The van der Waals surface area contributed by atoms with Crippen LogP contribution in [-0.2, 0) is 9.59 Å². The maximum Gasteiger partial charge on any atom is 0.268 e. The summed E-state index contributed by atoms with van der Waals surface area (Å²) < 4.78 is 11.6. The van der Waals surface area contributed by atoms with E-state index < -0.39 is 6.10 Å². The van der Waals surface area contributed by atoms with Gasteiger partial charge in [-0.05, 0) is 42.5 Å². The van der Waals surface area contributed by atoms with E-state index in [9.17, 15) is 14.4 Å². The van der Waals surface area contributed by atoms with Gasteiger partial charge in [-0.2, -0.15) is 0 Å². The van der Waals surface area contributed by atoms with Gasteiger partial charge in [-0.15, -0.1) is 0 Å². The first-order valence-electron chi connectivity index (χ1n) is 12.0. The van der Waals surface area contributed by atoms with Gasteiger partial charge in [0.2, 0.25) is 11.8 Å². The molecule has 2 aliphatic heterocycles. The van der Waals surface area contributed by atoms with Gasteiger partial charge in [-0.25, -0.2) is 4.98 Å². The zero-order valence-electron chi connectivity index (χ0n) is 20.3. The molecule has 1 saturated carbocycles. The van der Waals surface area contributed by atoms with E-state index in [0.717, 1.165) is 5.56 Å². The van der Waals surface area contributed by atoms with Crippen LogP contribution >= 0.6 is 0 Å². The maximum atomic E-state index is 13.1. The Balaban J connectivity index is 1.25. The Morgan fingerprint density at radius 1 is 1.14 bits per heavy atom. The summed E-state index contributed by atoms with van der Waals surface area (Å²) in [6.45, 7) is 1.18. The largest absolute Gasteiger partial charge is 0.479 e. The van der Waals surface area contributed by atoms with Crippen molar-refractivity contribution in [3.63, 3.8) is 0 Å². The molecule has 9 nitrogen and oxygen atoms in total. The molecular formula is C26H30N4O5. The van der Waals surface area contributed by atoms with Crippen LogP contribution in [0, 0.1) is 5.92 Å². The minimum atomic E-state index is -0.618. The number of amides is 3. The zero-order chi connectivity index (χ0) is 24.7. The lowest BCUT2D eigenvalue weighted by atomic mass is 10.0. The van der Waals surface area contributed by atoms with E-state index in [4.69, 9.17) is 9.47 Å². The Hall–Kier alpha value is -3.62. The Bertz CT molecular complexity index is 1140. The van der Waals surface area contributed by atoms with Crippen LogP contribution in [0.4, 0.5) is 5.69 Å². The predicted octanol–water partition coefficient (Wildman–Crippen LogP) is 2.66. The molecule has 0 spiro atoms. The van der Waals surface area contributed by atoms with Crippen molar-refractivity contribution in [2.45, 2.75) is 37.8 Å². The highest BCUT2D eigenvalue weighted by atomic mass is 16.5. The van der Waals surface area contributed by atoms with Crippen LogP contribution in [0.15, 0.2) is 36.5 Å². The van der Waals surface area contributed by atoms with E-state index in [1.54, 1.807) is 55.3 Å². The Kier molecular flexibility index (Phi) is 6.08. The molecule has 5 rings (SSSR count). The third-order valence-corrected chi connectivity index (χ3v) is 6.90. The number of carbonyl (C=O) groups is 3. The van der Waals surface area contributed by atoms with Gasteiger partial charge in [0.05, 0.1) is 25.3 Å². The molecule has 1 aliphatic carbocycles. The fourth-order valence-electron chi connectivity index (χ4n) is 4.52. The summed E-state index contributed by atoms with van der Waals surface area (Å²) in [5.41, 5.74) is 2.00. The van der Waals surface area contributed by atoms with E-state index in [1.165, 1.54) is 17.7 Å². The first-order chi connectivity index (χ1) is 16.8. The van der Waals surface area contributed by atoms with Crippen LogP contribution in [0.3, 0.4) is 0 Å². The number of pyridine rings is 1. The highest BCUT2D eigenvalue weighted by Crippen LogP contribution is 2.38. The highest BCUT2D eigenvalue weighted by molar-refractivity contribution is 6.03. The van der Waals surface area contributed by atoms with Gasteiger partial charge in [-0.1, -0.05) is 6.07 Å². The van der Waals surface area contributed by atoms with Gasteiger partial charge in [0, 0.05) is 51.4 Å². The number of anilines is 1.